The Morgan fingerprint density at radius 1 is 1.56 bits per heavy atom. The smallest absolute Gasteiger partial charge is 0.337 e. The summed E-state index contributed by atoms with van der Waals surface area (Å²) in [4.78, 5) is 17.6. The predicted molar refractivity (Wildman–Crippen MR) is 71.2 cm³/mol. The Kier molecular flexibility index (Phi) is 3.55. The molecule has 98 valence electrons. The highest BCUT2D eigenvalue weighted by Crippen LogP contribution is 2.32. The van der Waals surface area contributed by atoms with Gasteiger partial charge in [0.15, 0.2) is 0 Å². The van der Waals surface area contributed by atoms with E-state index in [4.69, 9.17) is 5.11 Å². The molecule has 2 heterocycles. The van der Waals surface area contributed by atoms with Gasteiger partial charge in [-0.15, -0.1) is 0 Å². The monoisotopic (exact) mass is 248 g/mol. The minimum Gasteiger partial charge on any atom is -0.478 e. The molecule has 2 rings (SSSR count). The van der Waals surface area contributed by atoms with Crippen molar-refractivity contribution in [1.82, 2.24) is 4.98 Å². The van der Waals surface area contributed by atoms with Gasteiger partial charge >= 0.3 is 5.97 Å². The zero-order chi connectivity index (χ0) is 13.3. The average Bonchev–Trinajstić information content (AvgIpc) is 2.70. The quantitative estimate of drug-likeness (QED) is 0.893. The van der Waals surface area contributed by atoms with Crippen molar-refractivity contribution in [3.63, 3.8) is 0 Å². The number of pyridine rings is 1. The zero-order valence-corrected chi connectivity index (χ0v) is 11.2. The number of rotatable bonds is 3. The number of aromatic carboxylic acids is 1. The number of hydrogen-bond acceptors (Lipinski definition) is 3. The second-order valence-corrected chi connectivity index (χ2v) is 5.07. The maximum atomic E-state index is 10.9. The summed E-state index contributed by atoms with van der Waals surface area (Å²) in [5.41, 5.74) is 1.21. The molecule has 1 aliphatic heterocycles. The van der Waals surface area contributed by atoms with Crippen LogP contribution in [0.3, 0.4) is 0 Å². The molecule has 1 N–H and O–H groups in total. The van der Waals surface area contributed by atoms with Gasteiger partial charge in [0.25, 0.3) is 0 Å². The van der Waals surface area contributed by atoms with Crippen LogP contribution in [0.1, 0.15) is 49.0 Å². The molecule has 0 amide bonds. The molecule has 18 heavy (non-hydrogen) atoms. The molecule has 1 aliphatic rings. The van der Waals surface area contributed by atoms with Crippen LogP contribution < -0.4 is 4.90 Å². The van der Waals surface area contributed by atoms with E-state index >= 15 is 0 Å². The van der Waals surface area contributed by atoms with Crippen LogP contribution in [0.5, 0.6) is 0 Å². The van der Waals surface area contributed by atoms with Crippen LogP contribution in [0.25, 0.3) is 0 Å². The lowest BCUT2D eigenvalue weighted by molar-refractivity contribution is 0.0696. The van der Waals surface area contributed by atoms with Gasteiger partial charge in [-0.2, -0.15) is 0 Å². The number of nitrogens with zero attached hydrogens (tertiary/aromatic N) is 2. The second-order valence-electron chi connectivity index (χ2n) is 5.07. The van der Waals surface area contributed by atoms with E-state index in [1.807, 2.05) is 6.92 Å². The highest BCUT2D eigenvalue weighted by Gasteiger charge is 2.31. The minimum atomic E-state index is -0.918. The molecule has 4 nitrogen and oxygen atoms in total. The van der Waals surface area contributed by atoms with Gasteiger partial charge < -0.3 is 10.0 Å². The normalized spacial score (nSPS) is 23.4. The first-order chi connectivity index (χ1) is 8.54. The summed E-state index contributed by atoms with van der Waals surface area (Å²) in [6, 6.07) is 2.72. The molecule has 1 aromatic rings. The molecule has 0 bridgehead atoms. The zero-order valence-electron chi connectivity index (χ0n) is 11.2. The van der Waals surface area contributed by atoms with Crippen LogP contribution in [-0.4, -0.2) is 28.1 Å². The Morgan fingerprint density at radius 2 is 2.28 bits per heavy atom. The molecule has 0 saturated carbocycles. The standard InChI is InChI=1S/C14H20N2O2/c1-4-12-6-5-10(3)16(12)13-9(2)7-11(8-15-13)14(17)18/h7-8,10,12H,4-6H2,1-3H3,(H,17,18). The molecule has 0 spiro atoms. The Labute approximate surface area is 108 Å². The van der Waals surface area contributed by atoms with Crippen molar-refractivity contribution in [2.24, 2.45) is 0 Å². The average molecular weight is 248 g/mol. The van der Waals surface area contributed by atoms with Gasteiger partial charge in [0, 0.05) is 18.3 Å². The molecule has 1 aromatic heterocycles. The SMILES string of the molecule is CCC1CCC(C)N1c1ncc(C(=O)O)cc1C. The predicted octanol–water partition coefficient (Wildman–Crippen LogP) is 2.86. The largest absolute Gasteiger partial charge is 0.478 e. The van der Waals surface area contributed by atoms with Crippen LogP contribution >= 0.6 is 0 Å². The fourth-order valence-electron chi connectivity index (χ4n) is 2.81. The fraction of sp³-hybridized carbons (Fsp3) is 0.571. The van der Waals surface area contributed by atoms with Crippen LogP contribution in [-0.2, 0) is 0 Å². The third-order valence-corrected chi connectivity index (χ3v) is 3.80. The highest BCUT2D eigenvalue weighted by molar-refractivity contribution is 5.87. The Bertz CT molecular complexity index is 459. The minimum absolute atomic E-state index is 0.260. The molecular formula is C14H20N2O2. The lowest BCUT2D eigenvalue weighted by Gasteiger charge is -2.30. The van der Waals surface area contributed by atoms with E-state index in [1.165, 1.54) is 19.0 Å². The van der Waals surface area contributed by atoms with Gasteiger partial charge in [0.1, 0.15) is 5.82 Å². The molecule has 0 aliphatic carbocycles. The van der Waals surface area contributed by atoms with Crippen LogP contribution in [0.4, 0.5) is 5.82 Å². The Morgan fingerprint density at radius 3 is 2.83 bits per heavy atom. The van der Waals surface area contributed by atoms with Crippen molar-refractivity contribution in [1.29, 1.82) is 0 Å². The van der Waals surface area contributed by atoms with Gasteiger partial charge in [-0.1, -0.05) is 6.92 Å². The number of hydrogen-bond donors (Lipinski definition) is 1. The van der Waals surface area contributed by atoms with Crippen LogP contribution in [0, 0.1) is 6.92 Å². The van der Waals surface area contributed by atoms with Gasteiger partial charge in [0.05, 0.1) is 5.56 Å². The summed E-state index contributed by atoms with van der Waals surface area (Å²) in [5, 5.41) is 8.96. The van der Waals surface area contributed by atoms with Crippen LogP contribution in [0.2, 0.25) is 0 Å². The van der Waals surface area contributed by atoms with Crippen LogP contribution in [0.15, 0.2) is 12.3 Å². The molecule has 1 saturated heterocycles. The van der Waals surface area contributed by atoms with E-state index in [1.54, 1.807) is 6.07 Å². The number of anilines is 1. The molecule has 1 fully saturated rings. The first-order valence-electron chi connectivity index (χ1n) is 6.52. The number of carboxylic acids is 1. The van der Waals surface area contributed by atoms with Crippen molar-refractivity contribution in [2.75, 3.05) is 4.90 Å². The van der Waals surface area contributed by atoms with Gasteiger partial charge in [-0.25, -0.2) is 9.78 Å². The molecule has 2 atom stereocenters. The van der Waals surface area contributed by atoms with Crippen molar-refractivity contribution >= 4 is 11.8 Å². The Hall–Kier alpha value is -1.58. The van der Waals surface area contributed by atoms with Crippen molar-refractivity contribution in [2.45, 2.75) is 52.1 Å². The summed E-state index contributed by atoms with van der Waals surface area (Å²) in [5.74, 6) is 0.0236. The van der Waals surface area contributed by atoms with E-state index < -0.39 is 5.97 Å². The maximum absolute atomic E-state index is 10.9. The lowest BCUT2D eigenvalue weighted by Crippen LogP contribution is -2.35. The number of carboxylic acid groups (broad SMARTS) is 1. The van der Waals surface area contributed by atoms with E-state index in [2.05, 4.69) is 23.7 Å². The van der Waals surface area contributed by atoms with Crippen molar-refractivity contribution in [3.05, 3.63) is 23.4 Å². The maximum Gasteiger partial charge on any atom is 0.337 e. The van der Waals surface area contributed by atoms with Gasteiger partial charge in [-0.3, -0.25) is 0 Å². The number of aryl methyl sites for hydroxylation is 1. The third kappa shape index (κ3) is 2.19. The Balaban J connectivity index is 2.35. The van der Waals surface area contributed by atoms with E-state index in [0.29, 0.717) is 12.1 Å². The molecular weight excluding hydrogens is 228 g/mol. The van der Waals surface area contributed by atoms with E-state index in [0.717, 1.165) is 17.8 Å². The van der Waals surface area contributed by atoms with Crippen molar-refractivity contribution < 1.29 is 9.90 Å². The van der Waals surface area contributed by atoms with Gasteiger partial charge in [0.2, 0.25) is 0 Å². The third-order valence-electron chi connectivity index (χ3n) is 3.80. The van der Waals surface area contributed by atoms with E-state index in [-0.39, 0.29) is 5.56 Å². The number of aromatic nitrogens is 1. The molecule has 0 radical (unpaired) electrons. The second kappa shape index (κ2) is 4.96. The van der Waals surface area contributed by atoms with E-state index in [9.17, 15) is 4.79 Å². The summed E-state index contributed by atoms with van der Waals surface area (Å²) >= 11 is 0. The van der Waals surface area contributed by atoms with Gasteiger partial charge in [-0.05, 0) is 44.7 Å². The number of carbonyl (C=O) groups is 1. The summed E-state index contributed by atoms with van der Waals surface area (Å²) < 4.78 is 0. The summed E-state index contributed by atoms with van der Waals surface area (Å²) in [7, 11) is 0. The molecule has 0 aromatic carbocycles. The lowest BCUT2D eigenvalue weighted by atomic mass is 10.1. The van der Waals surface area contributed by atoms with Crippen molar-refractivity contribution in [3.8, 4) is 0 Å². The fourth-order valence-corrected chi connectivity index (χ4v) is 2.81. The molecule has 4 heteroatoms. The summed E-state index contributed by atoms with van der Waals surface area (Å²) in [6.45, 7) is 6.34. The topological polar surface area (TPSA) is 53.4 Å². The molecule has 2 unspecified atom stereocenters. The summed E-state index contributed by atoms with van der Waals surface area (Å²) in [6.07, 6.45) is 4.94. The highest BCUT2D eigenvalue weighted by atomic mass is 16.4. The first-order valence-corrected chi connectivity index (χ1v) is 6.52. The first kappa shape index (κ1) is 12.9.